The van der Waals surface area contributed by atoms with Crippen molar-refractivity contribution in [3.8, 4) is 0 Å². The van der Waals surface area contributed by atoms with Crippen molar-refractivity contribution in [2.75, 3.05) is 13.2 Å². The summed E-state index contributed by atoms with van der Waals surface area (Å²) in [5.41, 5.74) is 1.44. The van der Waals surface area contributed by atoms with Gasteiger partial charge in [-0.2, -0.15) is 0 Å². The summed E-state index contributed by atoms with van der Waals surface area (Å²) in [6.45, 7) is 0.732. The van der Waals surface area contributed by atoms with Gasteiger partial charge in [-0.1, -0.05) is 11.2 Å². The lowest BCUT2D eigenvalue weighted by Crippen LogP contribution is -2.27. The fraction of sp³-hybridized carbons (Fsp3) is 0.529. The third-order valence-electron chi connectivity index (χ3n) is 4.37. The number of fused-ring (bicyclic) bond motifs is 1. The van der Waals surface area contributed by atoms with E-state index in [-0.39, 0.29) is 18.4 Å². The number of aliphatic hydroxyl groups excluding tert-OH is 1. The number of thiophene rings is 1. The summed E-state index contributed by atoms with van der Waals surface area (Å²) in [5.74, 6) is 1.01. The van der Waals surface area contributed by atoms with E-state index in [2.05, 4.69) is 16.5 Å². The first kappa shape index (κ1) is 16.2. The van der Waals surface area contributed by atoms with Crippen molar-refractivity contribution in [2.45, 2.75) is 44.4 Å². The number of nitrogens with zero attached hydrogens (tertiary/aromatic N) is 1. The number of hydrogen-bond donors (Lipinski definition) is 2. The number of carbonyl (C=O) groups excluding carboxylic acids is 1. The number of amides is 1. The molecular formula is C17H22N2O3S. The molecule has 124 valence electrons. The van der Waals surface area contributed by atoms with Crippen LogP contribution in [0.2, 0.25) is 0 Å². The third kappa shape index (κ3) is 3.82. The average Bonchev–Trinajstić information content (AvgIpc) is 3.23. The summed E-state index contributed by atoms with van der Waals surface area (Å²) in [5, 5.41) is 18.2. The molecule has 0 bridgehead atoms. The summed E-state index contributed by atoms with van der Waals surface area (Å²) >= 11 is 1.70. The largest absolute Gasteiger partial charge is 0.396 e. The van der Waals surface area contributed by atoms with Gasteiger partial charge in [-0.3, -0.25) is 4.79 Å². The molecule has 23 heavy (non-hydrogen) atoms. The quantitative estimate of drug-likeness (QED) is 0.816. The molecule has 1 aliphatic rings. The first-order chi connectivity index (χ1) is 11.3. The van der Waals surface area contributed by atoms with Crippen molar-refractivity contribution in [2.24, 2.45) is 0 Å². The van der Waals surface area contributed by atoms with Crippen LogP contribution in [0.3, 0.4) is 0 Å². The van der Waals surface area contributed by atoms with Crippen LogP contribution >= 0.6 is 11.3 Å². The van der Waals surface area contributed by atoms with E-state index < -0.39 is 0 Å². The number of rotatable bonds is 7. The minimum absolute atomic E-state index is 0.147. The van der Waals surface area contributed by atoms with Gasteiger partial charge in [-0.15, -0.1) is 11.3 Å². The molecule has 0 unspecified atom stereocenters. The molecule has 0 radical (unpaired) electrons. The Bertz CT molecular complexity index is 636. The maximum Gasteiger partial charge on any atom is 0.273 e. The van der Waals surface area contributed by atoms with Crippen molar-refractivity contribution >= 4 is 17.2 Å². The topological polar surface area (TPSA) is 75.4 Å². The van der Waals surface area contributed by atoms with Gasteiger partial charge in [0.1, 0.15) is 5.76 Å². The van der Waals surface area contributed by atoms with Gasteiger partial charge in [0.2, 0.25) is 0 Å². The van der Waals surface area contributed by atoms with E-state index in [0.29, 0.717) is 12.2 Å². The minimum Gasteiger partial charge on any atom is -0.396 e. The van der Waals surface area contributed by atoms with E-state index in [1.54, 1.807) is 11.3 Å². The van der Waals surface area contributed by atoms with Crippen LogP contribution in [-0.2, 0) is 12.8 Å². The number of hydrogen-bond acceptors (Lipinski definition) is 5. The molecule has 0 saturated heterocycles. The smallest absolute Gasteiger partial charge is 0.273 e. The Kier molecular flexibility index (Phi) is 5.46. The summed E-state index contributed by atoms with van der Waals surface area (Å²) in [7, 11) is 0. The van der Waals surface area contributed by atoms with Crippen LogP contribution in [0.25, 0.3) is 0 Å². The zero-order chi connectivity index (χ0) is 16.1. The van der Waals surface area contributed by atoms with Crippen molar-refractivity contribution in [3.63, 3.8) is 0 Å². The molecule has 2 aromatic heterocycles. The Balaban J connectivity index is 1.55. The van der Waals surface area contributed by atoms with E-state index >= 15 is 0 Å². The number of aliphatic hydroxyl groups is 1. The molecule has 2 heterocycles. The van der Waals surface area contributed by atoms with Crippen LogP contribution in [0.15, 0.2) is 22.0 Å². The van der Waals surface area contributed by atoms with E-state index in [0.717, 1.165) is 49.8 Å². The molecule has 5 nitrogen and oxygen atoms in total. The maximum atomic E-state index is 12.3. The highest BCUT2D eigenvalue weighted by atomic mass is 32.1. The standard InChI is InChI=1S/C17H22N2O3S/c20-10-8-12(15-6-3-11-23-15)7-9-18-17(21)16-13-4-1-2-5-14(13)22-19-16/h3,6,11-12,20H,1-2,4-5,7-10H2,(H,18,21)/t12-/m1/s1. The molecule has 1 aliphatic carbocycles. The van der Waals surface area contributed by atoms with Crippen LogP contribution in [-0.4, -0.2) is 29.3 Å². The van der Waals surface area contributed by atoms with Crippen molar-refractivity contribution in [3.05, 3.63) is 39.4 Å². The summed E-state index contributed by atoms with van der Waals surface area (Å²) < 4.78 is 5.29. The lowest BCUT2D eigenvalue weighted by molar-refractivity contribution is 0.0942. The lowest BCUT2D eigenvalue weighted by atomic mass is 9.96. The highest BCUT2D eigenvalue weighted by molar-refractivity contribution is 7.10. The third-order valence-corrected chi connectivity index (χ3v) is 5.40. The molecule has 1 amide bonds. The molecule has 2 N–H and O–H groups in total. The summed E-state index contributed by atoms with van der Waals surface area (Å²) in [4.78, 5) is 13.6. The van der Waals surface area contributed by atoms with Crippen molar-refractivity contribution < 1.29 is 14.4 Å². The lowest BCUT2D eigenvalue weighted by Gasteiger charge is -2.14. The molecular weight excluding hydrogens is 312 g/mol. The van der Waals surface area contributed by atoms with E-state index in [4.69, 9.17) is 4.52 Å². The van der Waals surface area contributed by atoms with Gasteiger partial charge in [-0.25, -0.2) is 0 Å². The van der Waals surface area contributed by atoms with Crippen LogP contribution in [0.5, 0.6) is 0 Å². The Morgan fingerprint density at radius 1 is 1.39 bits per heavy atom. The first-order valence-corrected chi connectivity index (χ1v) is 9.07. The van der Waals surface area contributed by atoms with Crippen LogP contribution in [0.4, 0.5) is 0 Å². The van der Waals surface area contributed by atoms with Gasteiger partial charge in [0.05, 0.1) is 0 Å². The zero-order valence-electron chi connectivity index (χ0n) is 13.1. The molecule has 0 aliphatic heterocycles. The maximum absolute atomic E-state index is 12.3. The highest BCUT2D eigenvalue weighted by Crippen LogP contribution is 2.27. The Morgan fingerprint density at radius 2 is 2.26 bits per heavy atom. The van der Waals surface area contributed by atoms with Gasteiger partial charge in [0.25, 0.3) is 5.91 Å². The molecule has 2 aromatic rings. The van der Waals surface area contributed by atoms with Crippen LogP contribution in [0.1, 0.15) is 58.3 Å². The number of aryl methyl sites for hydroxylation is 1. The second kappa shape index (κ2) is 7.75. The predicted octanol–water partition coefficient (Wildman–Crippen LogP) is 2.90. The second-order valence-corrected chi connectivity index (χ2v) is 6.89. The molecule has 6 heteroatoms. The molecule has 3 rings (SSSR count). The van der Waals surface area contributed by atoms with Crippen LogP contribution in [0, 0.1) is 0 Å². The summed E-state index contributed by atoms with van der Waals surface area (Å²) in [6.07, 6.45) is 5.48. The number of carbonyl (C=O) groups is 1. The predicted molar refractivity (Wildman–Crippen MR) is 88.9 cm³/mol. The molecule has 0 saturated carbocycles. The van der Waals surface area contributed by atoms with E-state index in [1.165, 1.54) is 4.88 Å². The van der Waals surface area contributed by atoms with E-state index in [1.807, 2.05) is 11.4 Å². The second-order valence-electron chi connectivity index (χ2n) is 5.91. The van der Waals surface area contributed by atoms with Gasteiger partial charge >= 0.3 is 0 Å². The molecule has 0 spiro atoms. The number of nitrogens with one attached hydrogen (secondary N) is 1. The zero-order valence-corrected chi connectivity index (χ0v) is 13.9. The van der Waals surface area contributed by atoms with Crippen LogP contribution < -0.4 is 5.32 Å². The van der Waals surface area contributed by atoms with E-state index in [9.17, 15) is 9.90 Å². The van der Waals surface area contributed by atoms with Crippen molar-refractivity contribution in [1.82, 2.24) is 10.5 Å². The monoisotopic (exact) mass is 334 g/mol. The van der Waals surface area contributed by atoms with Gasteiger partial charge < -0.3 is 14.9 Å². The first-order valence-electron chi connectivity index (χ1n) is 8.19. The normalized spacial score (nSPS) is 15.2. The Morgan fingerprint density at radius 3 is 3.04 bits per heavy atom. The Labute approximate surface area is 139 Å². The fourth-order valence-electron chi connectivity index (χ4n) is 3.12. The minimum atomic E-state index is -0.147. The molecule has 1 atom stereocenters. The van der Waals surface area contributed by atoms with Gasteiger partial charge in [0, 0.05) is 30.0 Å². The SMILES string of the molecule is O=C(NCC[C@H](CCO)c1cccs1)c1noc2c1CCCC2. The molecule has 0 fully saturated rings. The summed E-state index contributed by atoms with van der Waals surface area (Å²) in [6, 6.07) is 4.10. The van der Waals surface area contributed by atoms with Crippen molar-refractivity contribution in [1.29, 1.82) is 0 Å². The Hall–Kier alpha value is -1.66. The highest BCUT2D eigenvalue weighted by Gasteiger charge is 2.24. The number of aromatic nitrogens is 1. The molecule has 0 aromatic carbocycles. The van der Waals surface area contributed by atoms with Gasteiger partial charge in [-0.05, 0) is 49.5 Å². The fourth-order valence-corrected chi connectivity index (χ4v) is 4.01. The average molecular weight is 334 g/mol. The van der Waals surface area contributed by atoms with Gasteiger partial charge in [0.15, 0.2) is 5.69 Å².